The van der Waals surface area contributed by atoms with E-state index < -0.39 is 28.9 Å². The molecule has 158 valence electrons. The van der Waals surface area contributed by atoms with E-state index in [1.54, 1.807) is 32.3 Å². The number of oxime groups is 1. The largest absolute Gasteiger partial charge is 0.611 e. The lowest BCUT2D eigenvalue weighted by Gasteiger charge is -2.24. The molecule has 0 saturated carbocycles. The van der Waals surface area contributed by atoms with Crippen LogP contribution in [0.2, 0.25) is 0 Å². The van der Waals surface area contributed by atoms with Crippen LogP contribution in [0.1, 0.15) is 31.6 Å². The summed E-state index contributed by atoms with van der Waals surface area (Å²) in [5.74, 6) is 0.492. The Balaban J connectivity index is 3.44. The van der Waals surface area contributed by atoms with Crippen LogP contribution in [0.4, 0.5) is 4.79 Å². The number of benzene rings is 1. The molecule has 0 aromatic heterocycles. The van der Waals surface area contributed by atoms with Crippen molar-refractivity contribution in [2.45, 2.75) is 30.9 Å². The first-order valence-corrected chi connectivity index (χ1v) is 13.8. The molecule has 1 aromatic carbocycles. The summed E-state index contributed by atoms with van der Waals surface area (Å²) < 4.78 is 30.9. The van der Waals surface area contributed by atoms with Gasteiger partial charge in [0.05, 0.1) is 0 Å². The van der Waals surface area contributed by atoms with Gasteiger partial charge in [0.2, 0.25) is 0 Å². The highest BCUT2D eigenvalue weighted by Crippen LogP contribution is 2.63. The van der Waals surface area contributed by atoms with Gasteiger partial charge in [0.1, 0.15) is 24.5 Å². The average molecular weight is 449 g/mol. The molecule has 0 fully saturated rings. The second-order valence-corrected chi connectivity index (χ2v) is 14.0. The Bertz CT molecular complexity index is 722. The van der Waals surface area contributed by atoms with Crippen molar-refractivity contribution < 1.29 is 23.5 Å². The number of carbonyl (C=O) groups excluding carboxylic acids is 1. The van der Waals surface area contributed by atoms with Crippen molar-refractivity contribution in [1.29, 1.82) is 0 Å². The number of hydrogen-bond acceptors (Lipinski definition) is 7. The number of hydrogen-bond donors (Lipinski definition) is 0. The third-order valence-corrected chi connectivity index (χ3v) is 11.5. The second-order valence-electron chi connectivity index (χ2n) is 6.01. The lowest BCUT2D eigenvalue weighted by atomic mass is 10.1. The van der Waals surface area contributed by atoms with Gasteiger partial charge in [0.25, 0.3) is 5.90 Å². The summed E-state index contributed by atoms with van der Waals surface area (Å²) in [4.78, 5) is 19.0. The molecule has 0 bridgehead atoms. The zero-order valence-corrected chi connectivity index (χ0v) is 19.7. The van der Waals surface area contributed by atoms with Crippen LogP contribution in [0.5, 0.6) is 0 Å². The minimum atomic E-state index is -2.59. The third-order valence-electron chi connectivity index (χ3n) is 3.91. The SMILES string of the molecule is CC[S@+]([O-])c1cccc(C(SP(=O)(CC)CC)C(=NOC)OC(=O)N(C)C)c1. The predicted molar refractivity (Wildman–Crippen MR) is 117 cm³/mol. The van der Waals surface area contributed by atoms with E-state index in [1.807, 2.05) is 26.8 Å². The Morgan fingerprint density at radius 3 is 2.46 bits per heavy atom. The van der Waals surface area contributed by atoms with E-state index in [9.17, 15) is 13.9 Å². The monoisotopic (exact) mass is 448 g/mol. The lowest BCUT2D eigenvalue weighted by Crippen LogP contribution is -2.28. The van der Waals surface area contributed by atoms with Gasteiger partial charge in [-0.15, -0.1) is 0 Å². The van der Waals surface area contributed by atoms with Gasteiger partial charge in [-0.3, -0.25) is 0 Å². The number of ether oxygens (including phenoxy) is 1. The van der Waals surface area contributed by atoms with Gasteiger partial charge >= 0.3 is 6.09 Å². The fourth-order valence-electron chi connectivity index (χ4n) is 2.19. The van der Waals surface area contributed by atoms with Gasteiger partial charge in [-0.05, 0) is 35.8 Å². The number of carbonyl (C=O) groups is 1. The van der Waals surface area contributed by atoms with E-state index in [-0.39, 0.29) is 5.90 Å². The van der Waals surface area contributed by atoms with Crippen molar-refractivity contribution >= 4 is 40.9 Å². The van der Waals surface area contributed by atoms with E-state index in [2.05, 4.69) is 5.16 Å². The maximum absolute atomic E-state index is 13.2. The first-order chi connectivity index (χ1) is 13.2. The lowest BCUT2D eigenvalue weighted by molar-refractivity contribution is 0.156. The van der Waals surface area contributed by atoms with Crippen molar-refractivity contribution in [2.24, 2.45) is 5.16 Å². The molecule has 0 spiro atoms. The van der Waals surface area contributed by atoms with Crippen molar-refractivity contribution in [3.05, 3.63) is 29.8 Å². The highest BCUT2D eigenvalue weighted by Gasteiger charge is 2.33. The van der Waals surface area contributed by atoms with Gasteiger partial charge in [0.15, 0.2) is 4.90 Å². The number of rotatable bonds is 9. The van der Waals surface area contributed by atoms with Crippen LogP contribution >= 0.6 is 17.7 Å². The predicted octanol–water partition coefficient (Wildman–Crippen LogP) is 4.56. The van der Waals surface area contributed by atoms with Crippen molar-refractivity contribution in [3.8, 4) is 0 Å². The molecule has 28 heavy (non-hydrogen) atoms. The normalized spacial score (nSPS) is 14.3. The second kappa shape index (κ2) is 11.8. The zero-order valence-electron chi connectivity index (χ0n) is 17.2. The molecular formula is C18H29N2O5PS2. The third kappa shape index (κ3) is 7.03. The van der Waals surface area contributed by atoms with Crippen LogP contribution in [0.15, 0.2) is 34.3 Å². The molecule has 0 radical (unpaired) electrons. The quantitative estimate of drug-likeness (QED) is 0.181. The highest BCUT2D eigenvalue weighted by molar-refractivity contribution is 8.58. The molecule has 1 aromatic rings. The summed E-state index contributed by atoms with van der Waals surface area (Å²) in [5.41, 5.74) is 0.703. The summed E-state index contributed by atoms with van der Waals surface area (Å²) in [6.07, 6.45) is -2.22. The molecule has 0 heterocycles. The fourth-order valence-corrected chi connectivity index (χ4v) is 7.28. The molecule has 0 N–H and O–H groups in total. The van der Waals surface area contributed by atoms with E-state index in [0.29, 0.717) is 28.5 Å². The van der Waals surface area contributed by atoms with E-state index in [1.165, 1.54) is 23.4 Å². The van der Waals surface area contributed by atoms with Crippen LogP contribution in [0.25, 0.3) is 0 Å². The topological polar surface area (TPSA) is 91.3 Å². The molecule has 2 atom stereocenters. The fraction of sp³-hybridized carbons (Fsp3) is 0.556. The maximum atomic E-state index is 13.2. The van der Waals surface area contributed by atoms with E-state index >= 15 is 0 Å². The Kier molecular flexibility index (Phi) is 10.4. The number of amides is 1. The molecule has 0 saturated heterocycles. The van der Waals surface area contributed by atoms with Gasteiger partial charge in [-0.2, -0.15) is 0 Å². The smallest absolute Gasteiger partial charge is 0.415 e. The Hall–Kier alpha value is -1.15. The van der Waals surface area contributed by atoms with E-state index in [4.69, 9.17) is 9.57 Å². The van der Waals surface area contributed by atoms with E-state index in [0.717, 1.165) is 0 Å². The van der Waals surface area contributed by atoms with Crippen LogP contribution in [0.3, 0.4) is 0 Å². The summed E-state index contributed by atoms with van der Waals surface area (Å²) >= 11 is 0.0807. The van der Waals surface area contributed by atoms with Crippen LogP contribution in [-0.2, 0) is 25.3 Å². The highest BCUT2D eigenvalue weighted by atomic mass is 32.7. The first-order valence-electron chi connectivity index (χ1n) is 8.96. The van der Waals surface area contributed by atoms with Crippen molar-refractivity contribution in [3.63, 3.8) is 0 Å². The van der Waals surface area contributed by atoms with Crippen LogP contribution in [-0.4, -0.2) is 60.7 Å². The molecule has 0 aliphatic carbocycles. The van der Waals surface area contributed by atoms with Gasteiger partial charge < -0.3 is 23.6 Å². The Morgan fingerprint density at radius 2 is 1.96 bits per heavy atom. The van der Waals surface area contributed by atoms with Crippen molar-refractivity contribution in [2.75, 3.05) is 39.3 Å². The van der Waals surface area contributed by atoms with Crippen LogP contribution < -0.4 is 0 Å². The minimum Gasteiger partial charge on any atom is -0.611 e. The summed E-state index contributed by atoms with van der Waals surface area (Å²) in [6, 6.07) is 7.16. The molecule has 0 aliphatic heterocycles. The molecule has 1 unspecified atom stereocenters. The summed E-state index contributed by atoms with van der Waals surface area (Å²) in [6.45, 7) is 5.58. The van der Waals surface area contributed by atoms with Gasteiger partial charge in [-0.25, -0.2) is 4.79 Å². The standard InChI is InChI=1S/C18H29N2O5PS2/c1-7-26(22,8-2)27-16(17(19-24-6)25-18(21)20(4)5)14-11-10-12-15(13-14)28(23)9-3/h10-13,16H,7-9H2,1-6H3/t16?,28-/m0/s1. The van der Waals surface area contributed by atoms with Gasteiger partial charge in [0, 0.05) is 26.4 Å². The van der Waals surface area contributed by atoms with Gasteiger partial charge in [-0.1, -0.05) is 42.5 Å². The molecule has 0 aliphatic rings. The Labute approximate surface area is 174 Å². The molecular weight excluding hydrogens is 419 g/mol. The molecule has 7 nitrogen and oxygen atoms in total. The first kappa shape index (κ1) is 24.9. The number of nitrogens with zero attached hydrogens (tertiary/aromatic N) is 2. The molecule has 1 amide bonds. The molecule has 10 heteroatoms. The minimum absolute atomic E-state index is 0.00718. The molecule has 1 rings (SSSR count). The maximum Gasteiger partial charge on any atom is 0.415 e. The average Bonchev–Trinajstić information content (AvgIpc) is 2.70. The summed E-state index contributed by atoms with van der Waals surface area (Å²) in [5, 5.41) is 3.26. The van der Waals surface area contributed by atoms with Crippen molar-refractivity contribution in [1.82, 2.24) is 4.90 Å². The Morgan fingerprint density at radius 1 is 1.32 bits per heavy atom. The zero-order chi connectivity index (χ0) is 21.3. The summed E-state index contributed by atoms with van der Waals surface area (Å²) in [7, 11) is 4.47. The van der Waals surface area contributed by atoms with Crippen LogP contribution in [0, 0.1) is 0 Å².